The molecule has 5 rings (SSSR count). The van der Waals surface area contributed by atoms with E-state index in [0.29, 0.717) is 19.1 Å². The summed E-state index contributed by atoms with van der Waals surface area (Å²) in [6.45, 7) is 0.688. The van der Waals surface area contributed by atoms with Gasteiger partial charge in [-0.2, -0.15) is 0 Å². The van der Waals surface area contributed by atoms with Crippen LogP contribution in [0.25, 0.3) is 0 Å². The topological polar surface area (TPSA) is 77.9 Å². The van der Waals surface area contributed by atoms with Gasteiger partial charge in [-0.25, -0.2) is 18.6 Å². The van der Waals surface area contributed by atoms with E-state index < -0.39 is 23.2 Å². The van der Waals surface area contributed by atoms with Gasteiger partial charge in [-0.1, -0.05) is 6.07 Å². The van der Waals surface area contributed by atoms with Crippen LogP contribution in [0.5, 0.6) is 11.6 Å². The molecule has 1 aliphatic carbocycles. The summed E-state index contributed by atoms with van der Waals surface area (Å²) in [5, 5.41) is 8.68. The monoisotopic (exact) mass is 419 g/mol. The summed E-state index contributed by atoms with van der Waals surface area (Å²) in [6.07, 6.45) is 4.25. The molecule has 3 aliphatic rings. The highest BCUT2D eigenvalue weighted by atomic mass is 19.2. The number of nitrogens with zero attached hydrogens (tertiary/aromatic N) is 1. The molecule has 0 unspecified atom stereocenters. The number of hydrogen-bond acceptors (Lipinski definition) is 5. The van der Waals surface area contributed by atoms with Crippen molar-refractivity contribution < 1.29 is 32.9 Å². The van der Waals surface area contributed by atoms with Crippen LogP contribution in [0.2, 0.25) is 0 Å². The number of carboxylic acids is 1. The summed E-state index contributed by atoms with van der Waals surface area (Å²) in [4.78, 5) is 15.2. The van der Waals surface area contributed by atoms with Crippen LogP contribution in [0.15, 0.2) is 36.4 Å². The van der Waals surface area contributed by atoms with E-state index >= 15 is 0 Å². The quantitative estimate of drug-likeness (QED) is 0.638. The van der Waals surface area contributed by atoms with Crippen molar-refractivity contribution in [2.75, 3.05) is 19.8 Å². The number of benzene rings is 1. The summed E-state index contributed by atoms with van der Waals surface area (Å²) in [5.41, 5.74) is 0.287. The van der Waals surface area contributed by atoms with Crippen molar-refractivity contribution in [1.29, 1.82) is 0 Å². The zero-order valence-electron chi connectivity index (χ0n) is 16.4. The summed E-state index contributed by atoms with van der Waals surface area (Å²) in [5.74, 6) is -2.41. The van der Waals surface area contributed by atoms with E-state index in [1.54, 1.807) is 6.07 Å². The van der Waals surface area contributed by atoms with E-state index in [1.165, 1.54) is 6.07 Å². The minimum absolute atomic E-state index is 0.0139. The summed E-state index contributed by atoms with van der Waals surface area (Å²) in [7, 11) is 0. The molecule has 8 heteroatoms. The average molecular weight is 419 g/mol. The molecule has 2 saturated heterocycles. The molecule has 0 radical (unpaired) electrons. The van der Waals surface area contributed by atoms with Crippen molar-refractivity contribution in [3.8, 4) is 11.6 Å². The van der Waals surface area contributed by atoms with Crippen molar-refractivity contribution in [2.24, 2.45) is 5.41 Å². The van der Waals surface area contributed by atoms with Crippen LogP contribution in [-0.2, 0) is 19.9 Å². The normalized spacial score (nSPS) is 25.3. The highest BCUT2D eigenvalue weighted by Gasteiger charge is 2.51. The van der Waals surface area contributed by atoms with Crippen LogP contribution in [-0.4, -0.2) is 35.9 Å². The summed E-state index contributed by atoms with van der Waals surface area (Å²) in [6, 6.07) is 8.72. The Labute approximate surface area is 172 Å². The Balaban J connectivity index is 1.41. The zero-order valence-corrected chi connectivity index (χ0v) is 16.4. The molecule has 2 aliphatic heterocycles. The number of carboxylic acid groups (broad SMARTS) is 1. The molecule has 1 saturated carbocycles. The van der Waals surface area contributed by atoms with Crippen molar-refractivity contribution >= 4 is 5.97 Å². The molecule has 30 heavy (non-hydrogen) atoms. The molecule has 0 atom stereocenters. The fraction of sp³-hybridized carbons (Fsp3) is 0.455. The number of pyridine rings is 1. The zero-order chi connectivity index (χ0) is 21.2. The Morgan fingerprint density at radius 3 is 2.60 bits per heavy atom. The maximum absolute atomic E-state index is 13.4. The highest BCUT2D eigenvalue weighted by Crippen LogP contribution is 2.54. The second kappa shape index (κ2) is 8.28. The fourth-order valence-electron chi connectivity index (χ4n) is 4.25. The number of rotatable bonds is 8. The molecule has 6 nitrogen and oxygen atoms in total. The largest absolute Gasteiger partial charge is 0.480 e. The molecule has 0 amide bonds. The van der Waals surface area contributed by atoms with Gasteiger partial charge in [-0.05, 0) is 55.7 Å². The lowest BCUT2D eigenvalue weighted by Crippen LogP contribution is -2.50. The minimum Gasteiger partial charge on any atom is -0.480 e. The van der Waals surface area contributed by atoms with Crippen LogP contribution >= 0.6 is 0 Å². The number of ether oxygens (including phenoxy) is 3. The van der Waals surface area contributed by atoms with Gasteiger partial charge in [0, 0.05) is 18.7 Å². The first-order valence-corrected chi connectivity index (χ1v) is 9.94. The summed E-state index contributed by atoms with van der Waals surface area (Å²) < 4.78 is 43.6. The first-order chi connectivity index (χ1) is 14.4. The van der Waals surface area contributed by atoms with Gasteiger partial charge in [0.1, 0.15) is 18.0 Å². The van der Waals surface area contributed by atoms with E-state index in [1.807, 2.05) is 12.1 Å². The van der Waals surface area contributed by atoms with Crippen LogP contribution in [0.3, 0.4) is 0 Å². The van der Waals surface area contributed by atoms with Gasteiger partial charge in [-0.3, -0.25) is 0 Å². The van der Waals surface area contributed by atoms with E-state index in [4.69, 9.17) is 19.3 Å². The lowest BCUT2D eigenvalue weighted by atomic mass is 9.64. The van der Waals surface area contributed by atoms with Crippen molar-refractivity contribution in [1.82, 2.24) is 4.98 Å². The Kier molecular flexibility index (Phi) is 5.71. The van der Waals surface area contributed by atoms with Crippen LogP contribution in [0.1, 0.15) is 37.8 Å². The van der Waals surface area contributed by atoms with E-state index in [2.05, 4.69) is 4.98 Å². The minimum atomic E-state index is -0.978. The molecule has 1 aromatic heterocycles. The molecule has 1 aromatic carbocycles. The van der Waals surface area contributed by atoms with Gasteiger partial charge in [0.25, 0.3) is 0 Å². The maximum atomic E-state index is 13.4. The maximum Gasteiger partial charge on any atom is 0.329 e. The van der Waals surface area contributed by atoms with E-state index in [9.17, 15) is 13.6 Å². The Bertz CT molecular complexity index is 911. The van der Waals surface area contributed by atoms with E-state index in [0.717, 1.165) is 49.9 Å². The molecular formula is C22H23F2NO5. The van der Waals surface area contributed by atoms with Gasteiger partial charge in [0.15, 0.2) is 11.6 Å². The van der Waals surface area contributed by atoms with Gasteiger partial charge in [0.2, 0.25) is 5.88 Å². The number of fused-ring (bicyclic) bond motifs is 3. The van der Waals surface area contributed by atoms with Crippen LogP contribution in [0, 0.1) is 17.0 Å². The molecule has 3 heterocycles. The molecule has 1 N–H and O–H groups in total. The Morgan fingerprint density at radius 1 is 1.13 bits per heavy atom. The van der Waals surface area contributed by atoms with Crippen molar-refractivity contribution in [3.05, 3.63) is 53.7 Å². The van der Waals surface area contributed by atoms with Crippen molar-refractivity contribution in [2.45, 2.75) is 37.7 Å². The lowest BCUT2D eigenvalue weighted by Gasteiger charge is -2.53. The Morgan fingerprint density at radius 2 is 1.93 bits per heavy atom. The highest BCUT2D eigenvalue weighted by molar-refractivity contribution is 5.67. The first-order valence-electron chi connectivity index (χ1n) is 9.94. The average Bonchev–Trinajstić information content (AvgIpc) is 2.75. The van der Waals surface area contributed by atoms with Crippen molar-refractivity contribution in [3.63, 3.8) is 0 Å². The molecule has 3 fully saturated rings. The third kappa shape index (κ3) is 4.29. The standard InChI is InChI=1S/C22H23F2NO5/c23-16-5-4-15(12-17(16)24)30-19-3-1-2-18(25-19)22-8-6-21(7-9-22,14-29-22)10-11-28-13-20(26)27/h1-5,12H,6-11,13-14H2,(H,26,27). The molecular weight excluding hydrogens is 396 g/mol. The smallest absolute Gasteiger partial charge is 0.329 e. The third-order valence-corrected chi connectivity index (χ3v) is 6.08. The number of aromatic nitrogens is 1. The number of hydrogen-bond donors (Lipinski definition) is 1. The number of carbonyl (C=O) groups is 1. The van der Waals surface area contributed by atoms with Crippen LogP contribution < -0.4 is 4.74 Å². The first kappa shape index (κ1) is 20.7. The number of halogens is 2. The predicted octanol–water partition coefficient (Wildman–Crippen LogP) is 4.43. The predicted molar refractivity (Wildman–Crippen MR) is 102 cm³/mol. The summed E-state index contributed by atoms with van der Waals surface area (Å²) >= 11 is 0. The van der Waals surface area contributed by atoms with Crippen LogP contribution in [0.4, 0.5) is 8.78 Å². The lowest BCUT2D eigenvalue weighted by molar-refractivity contribution is -0.196. The van der Waals surface area contributed by atoms with E-state index in [-0.39, 0.29) is 17.8 Å². The molecule has 2 bridgehead atoms. The SMILES string of the molecule is O=C(O)COCCC12CCC(c3cccc(Oc4ccc(F)c(F)c4)n3)(CC1)OC2. The van der Waals surface area contributed by atoms with Gasteiger partial charge >= 0.3 is 5.97 Å². The second-order valence-electron chi connectivity index (χ2n) is 8.02. The number of aliphatic carboxylic acids is 1. The fourth-order valence-corrected chi connectivity index (χ4v) is 4.25. The molecule has 0 spiro atoms. The van der Waals surface area contributed by atoms with Gasteiger partial charge < -0.3 is 19.3 Å². The van der Waals surface area contributed by atoms with Gasteiger partial charge in [-0.15, -0.1) is 0 Å². The second-order valence-corrected chi connectivity index (χ2v) is 8.02. The molecule has 2 aromatic rings. The third-order valence-electron chi connectivity index (χ3n) is 6.08. The Hall–Kier alpha value is -2.58. The van der Waals surface area contributed by atoms with Gasteiger partial charge in [0.05, 0.1) is 12.3 Å². The molecule has 160 valence electrons.